The summed E-state index contributed by atoms with van der Waals surface area (Å²) in [6.45, 7) is 6.54. The van der Waals surface area contributed by atoms with Gasteiger partial charge in [0.15, 0.2) is 11.6 Å². The van der Waals surface area contributed by atoms with Gasteiger partial charge in [0.05, 0.1) is 34.5 Å². The minimum absolute atomic E-state index is 0.650. The maximum absolute atomic E-state index is 10.5. The fraction of sp³-hybridized carbons (Fsp3) is 0.318. The van der Waals surface area contributed by atoms with E-state index in [1.165, 1.54) is 0 Å². The van der Waals surface area contributed by atoms with Crippen LogP contribution >= 0.6 is 11.3 Å². The van der Waals surface area contributed by atoms with E-state index in [-0.39, 0.29) is 0 Å². The molecule has 29 heavy (non-hydrogen) atoms. The number of hydrogen-bond donors (Lipinski definition) is 1. The average Bonchev–Trinajstić information content (AvgIpc) is 3.18. The van der Waals surface area contributed by atoms with Gasteiger partial charge in [0.1, 0.15) is 0 Å². The molecule has 0 saturated carbocycles. The van der Waals surface area contributed by atoms with Crippen LogP contribution in [0.5, 0.6) is 0 Å². The number of morpholine rings is 1. The number of rotatable bonds is 3. The molecule has 1 aromatic carbocycles. The Labute approximate surface area is 172 Å². The summed E-state index contributed by atoms with van der Waals surface area (Å²) in [4.78, 5) is 17.5. The predicted molar refractivity (Wildman–Crippen MR) is 116 cm³/mol. The molecule has 0 radical (unpaired) electrons. The quantitative estimate of drug-likeness (QED) is 0.555. The molecular formula is C22H22N4O2S. The molecule has 0 spiro atoms. The van der Waals surface area contributed by atoms with Crippen molar-refractivity contribution in [1.29, 1.82) is 0 Å². The third-order valence-corrected chi connectivity index (χ3v) is 6.55. The summed E-state index contributed by atoms with van der Waals surface area (Å²) in [7, 11) is 0. The minimum Gasteiger partial charge on any atom is -0.385 e. The topological polar surface area (TPSA) is 71.4 Å². The Bertz CT molecular complexity index is 1190. The smallest absolute Gasteiger partial charge is 0.163 e. The van der Waals surface area contributed by atoms with Crippen LogP contribution in [0.15, 0.2) is 42.6 Å². The molecule has 5 rings (SSSR count). The fourth-order valence-corrected chi connectivity index (χ4v) is 4.64. The molecule has 7 heteroatoms. The van der Waals surface area contributed by atoms with Crippen molar-refractivity contribution < 1.29 is 9.84 Å². The molecule has 0 aliphatic carbocycles. The van der Waals surface area contributed by atoms with Crippen molar-refractivity contribution in [2.45, 2.75) is 19.4 Å². The van der Waals surface area contributed by atoms with Crippen LogP contribution in [-0.2, 0) is 10.3 Å². The number of para-hydroxylation sites is 1. The Balaban J connectivity index is 1.70. The lowest BCUT2D eigenvalue weighted by molar-refractivity contribution is 0.0826. The molecular weight excluding hydrogens is 384 g/mol. The van der Waals surface area contributed by atoms with Gasteiger partial charge < -0.3 is 14.7 Å². The van der Waals surface area contributed by atoms with Gasteiger partial charge in [0, 0.05) is 35.1 Å². The zero-order chi connectivity index (χ0) is 20.0. The Kier molecular flexibility index (Phi) is 4.46. The summed E-state index contributed by atoms with van der Waals surface area (Å²) in [6.07, 6.45) is 1.83. The third kappa shape index (κ3) is 3.46. The minimum atomic E-state index is -0.918. The zero-order valence-corrected chi connectivity index (χ0v) is 17.2. The van der Waals surface area contributed by atoms with E-state index < -0.39 is 5.60 Å². The Morgan fingerprint density at radius 1 is 1.07 bits per heavy atom. The summed E-state index contributed by atoms with van der Waals surface area (Å²) >= 11 is 1.56. The summed E-state index contributed by atoms with van der Waals surface area (Å²) in [5.74, 6) is 1.55. The van der Waals surface area contributed by atoms with Crippen molar-refractivity contribution in [1.82, 2.24) is 15.0 Å². The van der Waals surface area contributed by atoms with Crippen molar-refractivity contribution in [3.05, 3.63) is 47.5 Å². The van der Waals surface area contributed by atoms with Crippen molar-refractivity contribution in [2.24, 2.45) is 0 Å². The monoisotopic (exact) mass is 406 g/mol. The van der Waals surface area contributed by atoms with Crippen LogP contribution in [0.4, 0.5) is 5.82 Å². The SMILES string of the molecule is CC(C)(O)c1cc2nc(-c3cnc4ccccc4c3)nc(N3CCOCC3)c2s1. The van der Waals surface area contributed by atoms with E-state index in [0.717, 1.165) is 50.5 Å². The highest BCUT2D eigenvalue weighted by molar-refractivity contribution is 7.19. The highest BCUT2D eigenvalue weighted by Gasteiger charge is 2.24. The van der Waals surface area contributed by atoms with Gasteiger partial charge in [-0.1, -0.05) is 18.2 Å². The maximum atomic E-state index is 10.5. The van der Waals surface area contributed by atoms with Gasteiger partial charge in [0.25, 0.3) is 0 Å². The Hall–Kier alpha value is -2.61. The van der Waals surface area contributed by atoms with E-state index in [1.54, 1.807) is 25.2 Å². The van der Waals surface area contributed by atoms with Crippen LogP contribution in [-0.4, -0.2) is 46.4 Å². The van der Waals surface area contributed by atoms with Crippen LogP contribution < -0.4 is 4.90 Å². The number of fused-ring (bicyclic) bond motifs is 2. The lowest BCUT2D eigenvalue weighted by Gasteiger charge is -2.28. The van der Waals surface area contributed by atoms with Crippen molar-refractivity contribution in [3.8, 4) is 11.4 Å². The molecule has 0 unspecified atom stereocenters. The molecule has 4 aromatic rings. The highest BCUT2D eigenvalue weighted by Crippen LogP contribution is 2.38. The Morgan fingerprint density at radius 2 is 1.86 bits per heavy atom. The van der Waals surface area contributed by atoms with Crippen molar-refractivity contribution >= 4 is 38.3 Å². The Morgan fingerprint density at radius 3 is 2.66 bits per heavy atom. The summed E-state index contributed by atoms with van der Waals surface area (Å²) in [5, 5.41) is 11.6. The first kappa shape index (κ1) is 18.4. The summed E-state index contributed by atoms with van der Waals surface area (Å²) in [5.41, 5.74) is 1.77. The normalized spacial score (nSPS) is 15.3. The molecule has 0 atom stereocenters. The lowest BCUT2D eigenvalue weighted by atomic mass is 10.1. The molecule has 1 aliphatic rings. The van der Waals surface area contributed by atoms with E-state index in [1.807, 2.05) is 36.5 Å². The van der Waals surface area contributed by atoms with Crippen LogP contribution in [0, 0.1) is 0 Å². The van der Waals surface area contributed by atoms with Crippen LogP contribution in [0.25, 0.3) is 32.5 Å². The summed E-state index contributed by atoms with van der Waals surface area (Å²) < 4.78 is 6.53. The van der Waals surface area contributed by atoms with Crippen LogP contribution in [0.2, 0.25) is 0 Å². The molecule has 1 saturated heterocycles. The number of hydrogen-bond acceptors (Lipinski definition) is 7. The van der Waals surface area contributed by atoms with E-state index in [0.29, 0.717) is 19.0 Å². The fourth-order valence-electron chi connectivity index (χ4n) is 3.53. The third-order valence-electron chi connectivity index (χ3n) is 5.12. The number of pyridine rings is 1. The van der Waals surface area contributed by atoms with E-state index >= 15 is 0 Å². The molecule has 148 valence electrons. The average molecular weight is 407 g/mol. The van der Waals surface area contributed by atoms with Gasteiger partial charge in [-0.25, -0.2) is 9.97 Å². The molecule has 1 aliphatic heterocycles. The number of aromatic nitrogens is 3. The number of nitrogens with zero attached hydrogens (tertiary/aromatic N) is 4. The second kappa shape index (κ2) is 7.02. The van der Waals surface area contributed by atoms with Crippen LogP contribution in [0.1, 0.15) is 18.7 Å². The maximum Gasteiger partial charge on any atom is 0.163 e. The second-order valence-electron chi connectivity index (χ2n) is 7.77. The highest BCUT2D eigenvalue weighted by atomic mass is 32.1. The van der Waals surface area contributed by atoms with Gasteiger partial charge in [-0.2, -0.15) is 0 Å². The van der Waals surface area contributed by atoms with Gasteiger partial charge in [-0.05, 0) is 32.0 Å². The first-order valence-electron chi connectivity index (χ1n) is 9.71. The van der Waals surface area contributed by atoms with Crippen molar-refractivity contribution in [3.63, 3.8) is 0 Å². The van der Waals surface area contributed by atoms with Crippen molar-refractivity contribution in [2.75, 3.05) is 31.2 Å². The molecule has 3 aromatic heterocycles. The van der Waals surface area contributed by atoms with Gasteiger partial charge >= 0.3 is 0 Å². The van der Waals surface area contributed by atoms with Gasteiger partial charge in [-0.15, -0.1) is 11.3 Å². The number of thiophene rings is 1. The largest absolute Gasteiger partial charge is 0.385 e. The molecule has 0 bridgehead atoms. The van der Waals surface area contributed by atoms with E-state index in [2.05, 4.69) is 16.0 Å². The van der Waals surface area contributed by atoms with E-state index in [4.69, 9.17) is 14.7 Å². The predicted octanol–water partition coefficient (Wildman–Crippen LogP) is 3.97. The molecule has 4 heterocycles. The first-order valence-corrected chi connectivity index (χ1v) is 10.5. The number of aliphatic hydroxyl groups is 1. The lowest BCUT2D eigenvalue weighted by Crippen LogP contribution is -2.36. The summed E-state index contributed by atoms with van der Waals surface area (Å²) in [6, 6.07) is 12.1. The molecule has 1 fully saturated rings. The van der Waals surface area contributed by atoms with Gasteiger partial charge in [-0.3, -0.25) is 4.98 Å². The van der Waals surface area contributed by atoms with E-state index in [9.17, 15) is 5.11 Å². The number of ether oxygens (including phenoxy) is 1. The molecule has 0 amide bonds. The first-order chi connectivity index (χ1) is 14.0. The standard InChI is InChI=1S/C22H22N4O2S/c1-22(2,27)18-12-17-19(29-18)21(26-7-9-28-10-8-26)25-20(24-17)15-11-14-5-3-4-6-16(14)23-13-15/h3-6,11-13,27H,7-10H2,1-2H3. The number of benzene rings is 1. The van der Waals surface area contributed by atoms with Crippen LogP contribution in [0.3, 0.4) is 0 Å². The zero-order valence-electron chi connectivity index (χ0n) is 16.4. The molecule has 6 nitrogen and oxygen atoms in total. The molecule has 1 N–H and O–H groups in total. The number of anilines is 1. The van der Waals surface area contributed by atoms with Gasteiger partial charge in [0.2, 0.25) is 0 Å². The second-order valence-corrected chi connectivity index (χ2v) is 8.82.